The molecule has 0 radical (unpaired) electrons. The van der Waals surface area contributed by atoms with Crippen LogP contribution in [0.15, 0.2) is 34.9 Å². The lowest BCUT2D eigenvalue weighted by atomic mass is 9.98. The van der Waals surface area contributed by atoms with Gasteiger partial charge < -0.3 is 14.9 Å². The number of hydrogen-bond donors (Lipinski definition) is 1. The van der Waals surface area contributed by atoms with Crippen LogP contribution in [0.3, 0.4) is 0 Å². The van der Waals surface area contributed by atoms with Crippen LogP contribution in [0.4, 0.5) is 5.69 Å². The van der Waals surface area contributed by atoms with E-state index in [1.165, 1.54) is 24.5 Å². The third-order valence-electron chi connectivity index (χ3n) is 3.90. The average Bonchev–Trinajstić information content (AvgIpc) is 2.95. The van der Waals surface area contributed by atoms with Crippen LogP contribution in [-0.2, 0) is 24.2 Å². The normalized spacial score (nSPS) is 14.7. The molecule has 0 saturated carbocycles. The van der Waals surface area contributed by atoms with Gasteiger partial charge in [-0.05, 0) is 29.7 Å². The van der Waals surface area contributed by atoms with E-state index in [9.17, 15) is 4.79 Å². The number of furan rings is 1. The van der Waals surface area contributed by atoms with Gasteiger partial charge in [-0.15, -0.1) is 0 Å². The molecular weight excluding hydrogens is 268 g/mol. The van der Waals surface area contributed by atoms with Gasteiger partial charge in [0.05, 0.1) is 19.9 Å². The van der Waals surface area contributed by atoms with Crippen molar-refractivity contribution in [2.75, 3.05) is 19.4 Å². The smallest absolute Gasteiger partial charge is 0.341 e. The van der Waals surface area contributed by atoms with E-state index in [4.69, 9.17) is 14.9 Å². The monoisotopic (exact) mass is 286 g/mol. The average molecular weight is 286 g/mol. The Labute approximate surface area is 123 Å². The summed E-state index contributed by atoms with van der Waals surface area (Å²) in [6.45, 7) is 2.29. The summed E-state index contributed by atoms with van der Waals surface area (Å²) in [5.41, 5.74) is 9.84. The number of nitrogens with zero attached hydrogens (tertiary/aromatic N) is 1. The Kier molecular flexibility index (Phi) is 3.66. The second-order valence-corrected chi connectivity index (χ2v) is 5.19. The molecule has 5 heteroatoms. The van der Waals surface area contributed by atoms with Gasteiger partial charge in [0.15, 0.2) is 0 Å². The highest BCUT2D eigenvalue weighted by molar-refractivity contribution is 5.90. The number of anilines is 1. The number of nitrogens with two attached hydrogens (primary N) is 1. The number of nitrogen functional groups attached to an aromatic ring is 1. The van der Waals surface area contributed by atoms with Crippen molar-refractivity contribution in [3.63, 3.8) is 0 Å². The molecule has 1 aromatic carbocycles. The third kappa shape index (κ3) is 2.64. The zero-order valence-electron chi connectivity index (χ0n) is 12.0. The molecule has 2 heterocycles. The summed E-state index contributed by atoms with van der Waals surface area (Å²) >= 11 is 0. The van der Waals surface area contributed by atoms with Gasteiger partial charge >= 0.3 is 5.97 Å². The molecule has 0 aliphatic carbocycles. The number of esters is 1. The first-order chi connectivity index (χ1) is 10.2. The van der Waals surface area contributed by atoms with Gasteiger partial charge in [-0.25, -0.2) is 4.79 Å². The fraction of sp³-hybridized carbons (Fsp3) is 0.312. The van der Waals surface area contributed by atoms with Gasteiger partial charge in [-0.2, -0.15) is 0 Å². The van der Waals surface area contributed by atoms with Gasteiger partial charge in [-0.3, -0.25) is 4.90 Å². The second kappa shape index (κ2) is 5.61. The Balaban J connectivity index is 1.76. The van der Waals surface area contributed by atoms with E-state index in [1.54, 1.807) is 6.07 Å². The van der Waals surface area contributed by atoms with Crippen LogP contribution in [-0.4, -0.2) is 24.5 Å². The van der Waals surface area contributed by atoms with Crippen LogP contribution in [0.25, 0.3) is 0 Å². The van der Waals surface area contributed by atoms with E-state index in [0.29, 0.717) is 17.9 Å². The van der Waals surface area contributed by atoms with Gasteiger partial charge in [0.25, 0.3) is 0 Å². The largest absolute Gasteiger partial charge is 0.467 e. The maximum atomic E-state index is 11.7. The van der Waals surface area contributed by atoms with E-state index in [0.717, 1.165) is 25.2 Å². The maximum Gasteiger partial charge on any atom is 0.341 e. The number of ether oxygens (including phenoxy) is 1. The summed E-state index contributed by atoms with van der Waals surface area (Å²) in [7, 11) is 1.37. The first-order valence-electron chi connectivity index (χ1n) is 6.92. The lowest BCUT2D eigenvalue weighted by molar-refractivity contribution is 0.0596. The number of carbonyl (C=O) groups excluding carboxylic acids is 1. The number of hydrogen-bond acceptors (Lipinski definition) is 5. The molecule has 0 fully saturated rings. The number of methoxy groups -OCH3 is 1. The zero-order valence-corrected chi connectivity index (χ0v) is 12.0. The molecule has 1 aliphatic rings. The van der Waals surface area contributed by atoms with Gasteiger partial charge in [0, 0.05) is 18.8 Å². The van der Waals surface area contributed by atoms with Gasteiger partial charge in [-0.1, -0.05) is 12.1 Å². The van der Waals surface area contributed by atoms with Crippen LogP contribution in [0.1, 0.15) is 27.2 Å². The van der Waals surface area contributed by atoms with E-state index in [2.05, 4.69) is 11.0 Å². The number of rotatable bonds is 3. The van der Waals surface area contributed by atoms with Crippen LogP contribution in [0, 0.1) is 0 Å². The van der Waals surface area contributed by atoms with Crippen molar-refractivity contribution in [1.82, 2.24) is 4.90 Å². The molecule has 0 unspecified atom stereocenters. The molecule has 1 aliphatic heterocycles. The summed E-state index contributed by atoms with van der Waals surface area (Å²) < 4.78 is 10.2. The van der Waals surface area contributed by atoms with E-state index >= 15 is 0 Å². The number of carbonyl (C=O) groups is 1. The fourth-order valence-electron chi connectivity index (χ4n) is 2.79. The summed E-state index contributed by atoms with van der Waals surface area (Å²) in [4.78, 5) is 13.9. The molecule has 1 aromatic heterocycles. The minimum Gasteiger partial charge on any atom is -0.467 e. The van der Waals surface area contributed by atoms with Crippen LogP contribution in [0.2, 0.25) is 0 Å². The quantitative estimate of drug-likeness (QED) is 0.692. The van der Waals surface area contributed by atoms with Gasteiger partial charge in [0.1, 0.15) is 11.3 Å². The molecule has 0 atom stereocenters. The summed E-state index contributed by atoms with van der Waals surface area (Å²) in [5, 5.41) is 0. The predicted molar refractivity (Wildman–Crippen MR) is 78.7 cm³/mol. The van der Waals surface area contributed by atoms with E-state index < -0.39 is 0 Å². The molecule has 0 saturated heterocycles. The third-order valence-corrected chi connectivity index (χ3v) is 3.90. The van der Waals surface area contributed by atoms with E-state index in [1.807, 2.05) is 12.1 Å². The Hall–Kier alpha value is -2.27. The first-order valence-corrected chi connectivity index (χ1v) is 6.92. The first kappa shape index (κ1) is 13.7. The molecule has 21 heavy (non-hydrogen) atoms. The second-order valence-electron chi connectivity index (χ2n) is 5.19. The lowest BCUT2D eigenvalue weighted by Crippen LogP contribution is -2.30. The van der Waals surface area contributed by atoms with E-state index in [-0.39, 0.29) is 5.97 Å². The molecule has 2 N–H and O–H groups in total. The Morgan fingerprint density at radius 3 is 3.10 bits per heavy atom. The van der Waals surface area contributed by atoms with Crippen molar-refractivity contribution in [3.8, 4) is 0 Å². The molecular formula is C16H18N2O3. The SMILES string of the molecule is COC(=O)c1ccoc1CN1CCc2c(N)cccc2C1. The maximum absolute atomic E-state index is 11.7. The molecule has 2 aromatic rings. The molecule has 0 amide bonds. The minimum absolute atomic E-state index is 0.361. The highest BCUT2D eigenvalue weighted by atomic mass is 16.5. The molecule has 3 rings (SSSR count). The van der Waals surface area contributed by atoms with Crippen LogP contribution >= 0.6 is 0 Å². The summed E-state index contributed by atoms with van der Waals surface area (Å²) in [5.74, 6) is 0.287. The molecule has 110 valence electrons. The highest BCUT2D eigenvalue weighted by Crippen LogP contribution is 2.25. The number of fused-ring (bicyclic) bond motifs is 1. The van der Waals surface area contributed by atoms with Crippen molar-refractivity contribution in [2.45, 2.75) is 19.5 Å². The number of benzene rings is 1. The Morgan fingerprint density at radius 2 is 2.29 bits per heavy atom. The predicted octanol–water partition coefficient (Wildman–Crippen LogP) is 2.21. The highest BCUT2D eigenvalue weighted by Gasteiger charge is 2.22. The summed E-state index contributed by atoms with van der Waals surface area (Å²) in [6, 6.07) is 7.67. The zero-order chi connectivity index (χ0) is 14.8. The minimum atomic E-state index is -0.361. The molecule has 0 spiro atoms. The molecule has 0 bridgehead atoms. The standard InChI is InChI=1S/C16H18N2O3/c1-20-16(19)13-6-8-21-15(13)10-18-7-5-12-11(9-18)3-2-4-14(12)17/h2-4,6,8H,5,7,9-10,17H2,1H3. The topological polar surface area (TPSA) is 68.7 Å². The van der Waals surface area contributed by atoms with Crippen LogP contribution in [0.5, 0.6) is 0 Å². The Bertz CT molecular complexity index is 663. The van der Waals surface area contributed by atoms with Crippen molar-refractivity contribution in [3.05, 3.63) is 53.0 Å². The Morgan fingerprint density at radius 1 is 1.43 bits per heavy atom. The fourth-order valence-corrected chi connectivity index (χ4v) is 2.79. The van der Waals surface area contributed by atoms with Crippen molar-refractivity contribution < 1.29 is 13.9 Å². The van der Waals surface area contributed by atoms with Gasteiger partial charge in [0.2, 0.25) is 0 Å². The van der Waals surface area contributed by atoms with Crippen molar-refractivity contribution in [1.29, 1.82) is 0 Å². The summed E-state index contributed by atoms with van der Waals surface area (Å²) in [6.07, 6.45) is 2.44. The van der Waals surface area contributed by atoms with Crippen molar-refractivity contribution >= 4 is 11.7 Å². The molecule has 5 nitrogen and oxygen atoms in total. The van der Waals surface area contributed by atoms with Crippen molar-refractivity contribution in [2.24, 2.45) is 0 Å². The lowest BCUT2D eigenvalue weighted by Gasteiger charge is -2.28. The van der Waals surface area contributed by atoms with Crippen LogP contribution < -0.4 is 5.73 Å².